The summed E-state index contributed by atoms with van der Waals surface area (Å²) in [5.74, 6) is -5.68. The normalized spacial score (nSPS) is 13.6. The first-order valence-electron chi connectivity index (χ1n) is 11.6. The van der Waals surface area contributed by atoms with Crippen LogP contribution in [0.1, 0.15) is 38.5 Å². The zero-order chi connectivity index (χ0) is 29.3. The third-order valence-electron chi connectivity index (χ3n) is 4.95. The molecule has 0 aromatic carbocycles. The fraction of sp³-hybridized carbons (Fsp3) is 0.650. The highest BCUT2D eigenvalue weighted by Crippen LogP contribution is 2.06. The van der Waals surface area contributed by atoms with E-state index in [1.54, 1.807) is 0 Å². The highest BCUT2D eigenvalue weighted by atomic mass is 16.4. The lowest BCUT2D eigenvalue weighted by atomic mass is 10.1. The quantitative estimate of drug-likeness (QED) is 0.0410. The minimum atomic E-state index is -1.46. The van der Waals surface area contributed by atoms with Crippen molar-refractivity contribution in [2.24, 2.45) is 38.7 Å². The van der Waals surface area contributed by atoms with E-state index in [2.05, 4.69) is 25.9 Å². The van der Waals surface area contributed by atoms with Gasteiger partial charge in [0.15, 0.2) is 11.9 Å². The molecule has 4 atom stereocenters. The summed E-state index contributed by atoms with van der Waals surface area (Å²) in [6, 6.07) is -5.42. The SMILES string of the molecule is NC(N)=NCCCC(NC(=O)C(CCC(=O)O)NC(=O)C(CCCN=C(N)N)NC(=O)C(N)CO)C(=O)O. The van der Waals surface area contributed by atoms with Gasteiger partial charge in [-0.1, -0.05) is 0 Å². The molecule has 0 heterocycles. The summed E-state index contributed by atoms with van der Waals surface area (Å²) < 4.78 is 0. The number of amides is 3. The molecular formula is C20H38N10O8. The molecule has 18 nitrogen and oxygen atoms in total. The van der Waals surface area contributed by atoms with Gasteiger partial charge in [-0.2, -0.15) is 0 Å². The van der Waals surface area contributed by atoms with E-state index >= 15 is 0 Å². The summed E-state index contributed by atoms with van der Waals surface area (Å²) in [4.78, 5) is 68.2. The van der Waals surface area contributed by atoms with E-state index in [0.29, 0.717) is 0 Å². The lowest BCUT2D eigenvalue weighted by molar-refractivity contribution is -0.143. The highest BCUT2D eigenvalue weighted by Gasteiger charge is 2.30. The highest BCUT2D eigenvalue weighted by molar-refractivity contribution is 5.94. The smallest absolute Gasteiger partial charge is 0.326 e. The van der Waals surface area contributed by atoms with Crippen LogP contribution in [0.4, 0.5) is 0 Å². The second-order valence-electron chi connectivity index (χ2n) is 8.14. The van der Waals surface area contributed by atoms with Crippen LogP contribution in [0.3, 0.4) is 0 Å². The monoisotopic (exact) mass is 546 g/mol. The van der Waals surface area contributed by atoms with Gasteiger partial charge in [0, 0.05) is 19.5 Å². The van der Waals surface area contributed by atoms with Crippen molar-refractivity contribution < 1.29 is 39.3 Å². The summed E-state index contributed by atoms with van der Waals surface area (Å²) in [6.07, 6.45) is -0.554. The van der Waals surface area contributed by atoms with E-state index in [4.69, 9.17) is 38.9 Å². The topological polar surface area (TPSA) is 337 Å². The number of hydrogen-bond acceptors (Lipinski definition) is 9. The van der Waals surface area contributed by atoms with Crippen LogP contribution >= 0.6 is 0 Å². The van der Waals surface area contributed by atoms with Gasteiger partial charge in [0.25, 0.3) is 0 Å². The Labute approximate surface area is 218 Å². The molecule has 4 unspecified atom stereocenters. The second kappa shape index (κ2) is 18.1. The number of carboxylic acids is 2. The van der Waals surface area contributed by atoms with Crippen molar-refractivity contribution in [3.05, 3.63) is 0 Å². The zero-order valence-electron chi connectivity index (χ0n) is 20.8. The van der Waals surface area contributed by atoms with E-state index in [1.165, 1.54) is 0 Å². The van der Waals surface area contributed by atoms with E-state index < -0.39 is 66.9 Å². The number of nitrogens with zero attached hydrogens (tertiary/aromatic N) is 2. The Bertz CT molecular complexity index is 874. The zero-order valence-corrected chi connectivity index (χ0v) is 20.8. The summed E-state index contributed by atoms with van der Waals surface area (Å²) in [7, 11) is 0. The number of aliphatic hydroxyl groups excluding tert-OH is 1. The number of aliphatic hydroxyl groups is 1. The van der Waals surface area contributed by atoms with Crippen LogP contribution in [-0.2, 0) is 24.0 Å². The molecule has 0 saturated carbocycles. The molecule has 0 spiro atoms. The average Bonchev–Trinajstić information content (AvgIpc) is 2.83. The van der Waals surface area contributed by atoms with Gasteiger partial charge in [-0.3, -0.25) is 29.2 Å². The van der Waals surface area contributed by atoms with Crippen LogP contribution in [0.15, 0.2) is 9.98 Å². The second-order valence-corrected chi connectivity index (χ2v) is 8.14. The minimum Gasteiger partial charge on any atom is -0.481 e. The van der Waals surface area contributed by atoms with E-state index in [0.717, 1.165) is 0 Å². The maximum atomic E-state index is 13.0. The maximum absolute atomic E-state index is 13.0. The Kier molecular flexibility index (Phi) is 16.1. The first kappa shape index (κ1) is 33.8. The van der Waals surface area contributed by atoms with Gasteiger partial charge in [0.05, 0.1) is 6.61 Å². The Morgan fingerprint density at radius 3 is 1.53 bits per heavy atom. The fourth-order valence-corrected chi connectivity index (χ4v) is 2.98. The predicted molar refractivity (Wildman–Crippen MR) is 135 cm³/mol. The largest absolute Gasteiger partial charge is 0.481 e. The van der Waals surface area contributed by atoms with Gasteiger partial charge in [0.2, 0.25) is 17.7 Å². The number of aliphatic carboxylic acids is 2. The number of carboxylic acid groups (broad SMARTS) is 2. The molecule has 0 bridgehead atoms. The van der Waals surface area contributed by atoms with Crippen LogP contribution in [0, 0.1) is 0 Å². The Morgan fingerprint density at radius 1 is 0.684 bits per heavy atom. The summed E-state index contributed by atoms with van der Waals surface area (Å²) in [5.41, 5.74) is 26.4. The number of hydrogen-bond donors (Lipinski definition) is 11. The molecule has 3 amide bonds. The number of rotatable bonds is 19. The molecule has 0 aliphatic carbocycles. The standard InChI is InChI=1S/C20H38N10O8/c21-10(9-31)15(34)28-11(3-1-7-26-19(22)23)16(35)29-12(5-6-14(32)33)17(36)30-13(18(37)38)4-2-8-27-20(24)25/h10-13,31H,1-9,21H2,(H,28,34)(H,29,35)(H,30,36)(H,32,33)(H,37,38)(H4,22,23,26)(H4,24,25,27). The lowest BCUT2D eigenvalue weighted by Gasteiger charge is -2.25. The van der Waals surface area contributed by atoms with Gasteiger partial charge in [-0.05, 0) is 32.1 Å². The predicted octanol–water partition coefficient (Wildman–Crippen LogP) is -5.18. The molecule has 0 fully saturated rings. The Hall–Kier alpha value is -4.19. The Balaban J connectivity index is 5.59. The molecule has 216 valence electrons. The van der Waals surface area contributed by atoms with Gasteiger partial charge >= 0.3 is 11.9 Å². The van der Waals surface area contributed by atoms with Crippen LogP contribution in [0.5, 0.6) is 0 Å². The number of nitrogens with two attached hydrogens (primary N) is 5. The number of aliphatic imine (C=N–C) groups is 2. The van der Waals surface area contributed by atoms with Gasteiger partial charge in [0.1, 0.15) is 24.2 Å². The molecule has 0 rings (SSSR count). The van der Waals surface area contributed by atoms with Crippen molar-refractivity contribution in [3.8, 4) is 0 Å². The fourth-order valence-electron chi connectivity index (χ4n) is 2.98. The maximum Gasteiger partial charge on any atom is 0.326 e. The molecule has 0 aromatic rings. The van der Waals surface area contributed by atoms with E-state index in [9.17, 15) is 29.1 Å². The average molecular weight is 547 g/mol. The number of nitrogens with one attached hydrogen (secondary N) is 3. The van der Waals surface area contributed by atoms with Crippen LogP contribution in [0.2, 0.25) is 0 Å². The van der Waals surface area contributed by atoms with Crippen molar-refractivity contribution in [3.63, 3.8) is 0 Å². The Morgan fingerprint density at radius 2 is 1.11 bits per heavy atom. The van der Waals surface area contributed by atoms with Gasteiger partial charge < -0.3 is 59.9 Å². The molecule has 0 aliphatic rings. The number of guanidine groups is 2. The number of carbonyl (C=O) groups is 5. The van der Waals surface area contributed by atoms with E-state index in [1.807, 2.05) is 0 Å². The molecule has 38 heavy (non-hydrogen) atoms. The van der Waals surface area contributed by atoms with Crippen LogP contribution in [-0.4, -0.2) is 101 Å². The lowest BCUT2D eigenvalue weighted by Crippen LogP contribution is -2.57. The molecular weight excluding hydrogens is 508 g/mol. The van der Waals surface area contributed by atoms with Crippen LogP contribution in [0.25, 0.3) is 0 Å². The van der Waals surface area contributed by atoms with E-state index in [-0.39, 0.29) is 57.1 Å². The molecule has 18 heteroatoms. The van der Waals surface area contributed by atoms with Crippen molar-refractivity contribution in [2.75, 3.05) is 19.7 Å². The molecule has 0 radical (unpaired) electrons. The molecule has 0 saturated heterocycles. The van der Waals surface area contributed by atoms with Crippen molar-refractivity contribution in [1.82, 2.24) is 16.0 Å². The third-order valence-corrected chi connectivity index (χ3v) is 4.95. The third kappa shape index (κ3) is 15.0. The van der Waals surface area contributed by atoms with Crippen LogP contribution < -0.4 is 44.6 Å². The first-order chi connectivity index (χ1) is 17.8. The number of carbonyl (C=O) groups excluding carboxylic acids is 3. The van der Waals surface area contributed by atoms with Gasteiger partial charge in [-0.15, -0.1) is 0 Å². The minimum absolute atomic E-state index is 0.0116. The first-order valence-corrected chi connectivity index (χ1v) is 11.6. The molecule has 0 aliphatic heterocycles. The van der Waals surface area contributed by atoms with Crippen molar-refractivity contribution in [2.45, 2.75) is 62.7 Å². The summed E-state index contributed by atoms with van der Waals surface area (Å²) in [5, 5.41) is 34.5. The summed E-state index contributed by atoms with van der Waals surface area (Å²) >= 11 is 0. The van der Waals surface area contributed by atoms with Gasteiger partial charge in [-0.25, -0.2) is 4.79 Å². The molecule has 16 N–H and O–H groups in total. The van der Waals surface area contributed by atoms with Crippen molar-refractivity contribution >= 4 is 41.6 Å². The summed E-state index contributed by atoms with van der Waals surface area (Å²) in [6.45, 7) is -0.479. The van der Waals surface area contributed by atoms with Crippen molar-refractivity contribution in [1.29, 1.82) is 0 Å². The molecule has 0 aromatic heterocycles.